The molecule has 0 amide bonds. The summed E-state index contributed by atoms with van der Waals surface area (Å²) in [6.07, 6.45) is 5.68. The monoisotopic (exact) mass is 190 g/mol. The number of allylic oxidation sites excluding steroid dienone is 2. The number of fused-ring (bicyclic) bond motifs is 1. The van der Waals surface area contributed by atoms with Gasteiger partial charge in [0.1, 0.15) is 11.5 Å². The van der Waals surface area contributed by atoms with E-state index in [0.717, 1.165) is 0 Å². The molecular weight excluding hydrogens is 180 g/mol. The van der Waals surface area contributed by atoms with Gasteiger partial charge in [0.15, 0.2) is 0 Å². The normalized spacial score (nSPS) is 23.9. The van der Waals surface area contributed by atoms with E-state index in [0.29, 0.717) is 11.3 Å². The van der Waals surface area contributed by atoms with Crippen molar-refractivity contribution in [1.29, 1.82) is 0 Å². The van der Waals surface area contributed by atoms with E-state index >= 15 is 0 Å². The van der Waals surface area contributed by atoms with Gasteiger partial charge in [-0.2, -0.15) is 0 Å². The van der Waals surface area contributed by atoms with Gasteiger partial charge >= 0.3 is 0 Å². The summed E-state index contributed by atoms with van der Waals surface area (Å²) in [5.41, 5.74) is 0.580. The molecular formula is C11H10O3. The summed E-state index contributed by atoms with van der Waals surface area (Å²) in [6.45, 7) is 0. The van der Waals surface area contributed by atoms with Crippen LogP contribution in [0.1, 0.15) is 5.56 Å². The molecule has 0 saturated carbocycles. The molecule has 0 saturated heterocycles. The number of hydrogen-bond acceptors (Lipinski definition) is 3. The minimum atomic E-state index is -0.972. The molecule has 0 bridgehead atoms. The molecule has 1 unspecified atom stereocenters. The third kappa shape index (κ3) is 1.63. The fourth-order valence-electron chi connectivity index (χ4n) is 1.28. The van der Waals surface area contributed by atoms with Crippen LogP contribution in [0.5, 0.6) is 11.5 Å². The van der Waals surface area contributed by atoms with Crippen molar-refractivity contribution in [2.45, 2.75) is 6.29 Å². The highest BCUT2D eigenvalue weighted by Gasteiger charge is 2.10. The number of aromatic hydroxyl groups is 1. The molecule has 2 N–H and O–H groups in total. The summed E-state index contributed by atoms with van der Waals surface area (Å²) in [6, 6.07) is 4.94. The number of rotatable bonds is 0. The molecule has 1 aliphatic rings. The number of hydrogen-bond donors (Lipinski definition) is 2. The van der Waals surface area contributed by atoms with Gasteiger partial charge in [0.05, 0.1) is 5.56 Å². The third-order valence-corrected chi connectivity index (χ3v) is 1.94. The zero-order valence-electron chi connectivity index (χ0n) is 7.42. The van der Waals surface area contributed by atoms with Crippen LogP contribution in [0.2, 0.25) is 0 Å². The van der Waals surface area contributed by atoms with Gasteiger partial charge < -0.3 is 14.9 Å². The van der Waals surface area contributed by atoms with Gasteiger partial charge in [0.25, 0.3) is 0 Å². The predicted molar refractivity (Wildman–Crippen MR) is 52.9 cm³/mol. The Balaban J connectivity index is 2.51. The van der Waals surface area contributed by atoms with Crippen molar-refractivity contribution in [1.82, 2.24) is 0 Å². The number of phenolic OH excluding ortho intramolecular Hbond substituents is 1. The molecule has 1 aliphatic heterocycles. The molecule has 3 nitrogen and oxygen atoms in total. The topological polar surface area (TPSA) is 49.7 Å². The largest absolute Gasteiger partial charge is 0.507 e. The van der Waals surface area contributed by atoms with E-state index in [-0.39, 0.29) is 5.75 Å². The van der Waals surface area contributed by atoms with Crippen LogP contribution in [0.4, 0.5) is 0 Å². The van der Waals surface area contributed by atoms with Gasteiger partial charge in [-0.3, -0.25) is 0 Å². The van der Waals surface area contributed by atoms with Crippen molar-refractivity contribution >= 4 is 6.08 Å². The van der Waals surface area contributed by atoms with Gasteiger partial charge in [0, 0.05) is 0 Å². The number of ether oxygens (including phenoxy) is 1. The number of phenols is 1. The summed E-state index contributed by atoms with van der Waals surface area (Å²) < 4.78 is 5.18. The zero-order valence-corrected chi connectivity index (χ0v) is 7.42. The second-order valence-electron chi connectivity index (χ2n) is 2.94. The summed E-state index contributed by atoms with van der Waals surface area (Å²) >= 11 is 0. The molecule has 72 valence electrons. The lowest BCUT2D eigenvalue weighted by Crippen LogP contribution is -2.13. The predicted octanol–water partition coefficient (Wildman–Crippen LogP) is 1.67. The maximum absolute atomic E-state index is 9.52. The Morgan fingerprint density at radius 3 is 2.93 bits per heavy atom. The molecule has 0 aliphatic carbocycles. The quantitative estimate of drug-likeness (QED) is 0.654. The first-order chi connectivity index (χ1) is 6.77. The van der Waals surface area contributed by atoms with Crippen LogP contribution in [-0.4, -0.2) is 16.5 Å². The average molecular weight is 190 g/mol. The van der Waals surface area contributed by atoms with Gasteiger partial charge in [-0.05, 0) is 24.3 Å². The molecule has 1 atom stereocenters. The first kappa shape index (κ1) is 8.84. The Morgan fingerprint density at radius 1 is 1.21 bits per heavy atom. The molecule has 14 heavy (non-hydrogen) atoms. The van der Waals surface area contributed by atoms with Gasteiger partial charge in [-0.25, -0.2) is 0 Å². The zero-order chi connectivity index (χ0) is 9.97. The molecule has 0 aromatic heterocycles. The van der Waals surface area contributed by atoms with Crippen molar-refractivity contribution in [2.24, 2.45) is 0 Å². The van der Waals surface area contributed by atoms with Crippen molar-refractivity contribution in [3.8, 4) is 11.5 Å². The Bertz CT molecular complexity index is 394. The van der Waals surface area contributed by atoms with E-state index < -0.39 is 6.29 Å². The highest BCUT2D eigenvalue weighted by atomic mass is 16.6. The Kier molecular flexibility index (Phi) is 2.24. The first-order valence-corrected chi connectivity index (χ1v) is 4.29. The lowest BCUT2D eigenvalue weighted by Gasteiger charge is -2.14. The minimum absolute atomic E-state index is 0.140. The third-order valence-electron chi connectivity index (χ3n) is 1.94. The van der Waals surface area contributed by atoms with Crippen LogP contribution >= 0.6 is 0 Å². The molecule has 0 fully saturated rings. The van der Waals surface area contributed by atoms with Crippen LogP contribution in [0, 0.1) is 0 Å². The smallest absolute Gasteiger partial charge is 0.217 e. The van der Waals surface area contributed by atoms with Crippen LogP contribution in [-0.2, 0) is 0 Å². The van der Waals surface area contributed by atoms with Gasteiger partial charge in [-0.1, -0.05) is 18.2 Å². The molecule has 1 aromatic rings. The summed E-state index contributed by atoms with van der Waals surface area (Å²) in [5, 5.41) is 18.8. The number of aliphatic hydroxyl groups excluding tert-OH is 1. The lowest BCUT2D eigenvalue weighted by atomic mass is 10.1. The average Bonchev–Trinajstić information content (AvgIpc) is 2.12. The van der Waals surface area contributed by atoms with E-state index in [9.17, 15) is 10.2 Å². The van der Waals surface area contributed by atoms with E-state index in [2.05, 4.69) is 0 Å². The van der Waals surface area contributed by atoms with E-state index in [1.54, 1.807) is 36.4 Å². The Labute approximate surface area is 81.6 Å². The fraction of sp³-hybridized carbons (Fsp3) is 0.0909. The highest BCUT2D eigenvalue weighted by molar-refractivity contribution is 5.65. The van der Waals surface area contributed by atoms with Crippen molar-refractivity contribution in [2.75, 3.05) is 0 Å². The van der Waals surface area contributed by atoms with Gasteiger partial charge in [-0.15, -0.1) is 0 Å². The van der Waals surface area contributed by atoms with E-state index in [1.807, 2.05) is 0 Å². The highest BCUT2D eigenvalue weighted by Crippen LogP contribution is 2.30. The maximum Gasteiger partial charge on any atom is 0.217 e. The van der Waals surface area contributed by atoms with Crippen molar-refractivity contribution < 1.29 is 14.9 Å². The van der Waals surface area contributed by atoms with Crippen LogP contribution in [0.25, 0.3) is 6.08 Å². The SMILES string of the molecule is Oc1cccc2c1/C=C\C=C/C(O)O2. The van der Waals surface area contributed by atoms with Gasteiger partial charge in [0.2, 0.25) is 6.29 Å². The molecule has 0 radical (unpaired) electrons. The van der Waals surface area contributed by atoms with E-state index in [4.69, 9.17) is 4.74 Å². The lowest BCUT2D eigenvalue weighted by molar-refractivity contribution is 0.0243. The van der Waals surface area contributed by atoms with Crippen LogP contribution in [0.3, 0.4) is 0 Å². The standard InChI is InChI=1S/C11H10O3/c12-9-5-3-6-10-8(9)4-1-2-7-11(13)14-10/h1-7,11-13H/b4-1-,7-2-. The Hall–Kier alpha value is -1.74. The second kappa shape index (κ2) is 3.55. The van der Waals surface area contributed by atoms with Crippen molar-refractivity contribution in [3.63, 3.8) is 0 Å². The summed E-state index contributed by atoms with van der Waals surface area (Å²) in [5.74, 6) is 0.611. The molecule has 3 heteroatoms. The second-order valence-corrected chi connectivity index (χ2v) is 2.94. The Morgan fingerprint density at radius 2 is 2.07 bits per heavy atom. The van der Waals surface area contributed by atoms with Crippen LogP contribution < -0.4 is 4.74 Å². The van der Waals surface area contributed by atoms with Crippen LogP contribution in [0.15, 0.2) is 36.4 Å². The summed E-state index contributed by atoms with van der Waals surface area (Å²) in [7, 11) is 0. The van der Waals surface area contributed by atoms with E-state index in [1.165, 1.54) is 6.08 Å². The number of aliphatic hydroxyl groups is 1. The minimum Gasteiger partial charge on any atom is -0.507 e. The summed E-state index contributed by atoms with van der Waals surface area (Å²) in [4.78, 5) is 0. The van der Waals surface area contributed by atoms with Crippen molar-refractivity contribution in [3.05, 3.63) is 42.0 Å². The fourth-order valence-corrected chi connectivity index (χ4v) is 1.28. The molecule has 0 spiro atoms. The number of benzene rings is 1. The maximum atomic E-state index is 9.52. The molecule has 1 aromatic carbocycles. The first-order valence-electron chi connectivity index (χ1n) is 4.29. The molecule has 2 rings (SSSR count). The molecule has 1 heterocycles.